The minimum absolute atomic E-state index is 0.0958. The highest BCUT2D eigenvalue weighted by atomic mass is 35.5. The topological polar surface area (TPSA) is 42.4 Å². The molecule has 1 aromatic heterocycles. The molecule has 1 heterocycles. The van der Waals surface area contributed by atoms with Gasteiger partial charge in [-0.3, -0.25) is 4.79 Å². The number of thiazole rings is 1. The number of benzene rings is 3. The van der Waals surface area contributed by atoms with Crippen molar-refractivity contribution in [2.24, 2.45) is 0 Å². The summed E-state index contributed by atoms with van der Waals surface area (Å²) in [6, 6.07) is 25.2. The van der Waals surface area contributed by atoms with Crippen molar-refractivity contribution in [2.45, 2.75) is 13.2 Å². The van der Waals surface area contributed by atoms with Gasteiger partial charge in [0.15, 0.2) is 0 Å². The highest BCUT2D eigenvalue weighted by Gasteiger charge is 2.16. The predicted octanol–water partition coefficient (Wildman–Crippen LogP) is 6.31. The first kappa shape index (κ1) is 21.1. The van der Waals surface area contributed by atoms with Crippen LogP contribution < -0.4 is 4.74 Å². The third-order valence-corrected chi connectivity index (χ3v) is 5.88. The Balaban J connectivity index is 1.43. The molecule has 0 N–H and O–H groups in total. The van der Waals surface area contributed by atoms with Crippen LogP contribution in [0.25, 0.3) is 10.6 Å². The van der Waals surface area contributed by atoms with E-state index in [9.17, 15) is 4.79 Å². The lowest BCUT2D eigenvalue weighted by molar-refractivity contribution is 0.0780. The molecule has 4 aromatic rings. The zero-order valence-corrected chi connectivity index (χ0v) is 18.6. The Morgan fingerprint density at radius 3 is 2.55 bits per heavy atom. The summed E-state index contributed by atoms with van der Waals surface area (Å²) in [6.07, 6.45) is 0. The number of hydrogen-bond acceptors (Lipinski definition) is 4. The quantitative estimate of drug-likeness (QED) is 0.332. The minimum Gasteiger partial charge on any atom is -0.489 e. The van der Waals surface area contributed by atoms with Crippen molar-refractivity contribution in [2.75, 3.05) is 7.05 Å². The molecule has 0 aliphatic carbocycles. The molecule has 0 aliphatic rings. The van der Waals surface area contributed by atoms with Crippen LogP contribution in [0, 0.1) is 0 Å². The molecule has 0 radical (unpaired) electrons. The summed E-state index contributed by atoms with van der Waals surface area (Å²) < 4.78 is 5.91. The van der Waals surface area contributed by atoms with Crippen LogP contribution in [0.1, 0.15) is 21.6 Å². The molecule has 3 aromatic carbocycles. The Morgan fingerprint density at radius 2 is 1.77 bits per heavy atom. The van der Waals surface area contributed by atoms with Gasteiger partial charge in [-0.1, -0.05) is 66.2 Å². The van der Waals surface area contributed by atoms with Crippen molar-refractivity contribution in [3.8, 4) is 16.3 Å². The summed E-state index contributed by atoms with van der Waals surface area (Å²) in [4.78, 5) is 19.0. The van der Waals surface area contributed by atoms with Gasteiger partial charge in [0, 0.05) is 29.6 Å². The molecule has 0 fully saturated rings. The van der Waals surface area contributed by atoms with Gasteiger partial charge in [0.1, 0.15) is 23.1 Å². The lowest BCUT2D eigenvalue weighted by Crippen LogP contribution is -2.26. The smallest absolute Gasteiger partial charge is 0.273 e. The van der Waals surface area contributed by atoms with Crippen molar-refractivity contribution in [3.63, 3.8) is 0 Å². The summed E-state index contributed by atoms with van der Waals surface area (Å²) in [6.45, 7) is 0.993. The second-order valence-corrected chi connectivity index (χ2v) is 8.42. The largest absolute Gasteiger partial charge is 0.489 e. The number of aromatic nitrogens is 1. The van der Waals surface area contributed by atoms with Gasteiger partial charge in [0.25, 0.3) is 5.91 Å². The second-order valence-electron chi connectivity index (χ2n) is 7.13. The van der Waals surface area contributed by atoms with Crippen LogP contribution in [0.2, 0.25) is 5.02 Å². The van der Waals surface area contributed by atoms with Gasteiger partial charge < -0.3 is 9.64 Å². The van der Waals surface area contributed by atoms with Gasteiger partial charge in [-0.25, -0.2) is 4.98 Å². The normalized spacial score (nSPS) is 10.6. The first-order chi connectivity index (χ1) is 15.1. The molecular weight excluding hydrogens is 428 g/mol. The third kappa shape index (κ3) is 5.51. The third-order valence-electron chi connectivity index (χ3n) is 4.73. The van der Waals surface area contributed by atoms with E-state index in [1.807, 2.05) is 78.9 Å². The monoisotopic (exact) mass is 448 g/mol. The molecule has 4 nitrogen and oxygen atoms in total. The zero-order chi connectivity index (χ0) is 21.6. The Bertz CT molecular complexity index is 1160. The molecule has 0 saturated carbocycles. The average molecular weight is 449 g/mol. The van der Waals surface area contributed by atoms with Gasteiger partial charge in [-0.05, 0) is 35.4 Å². The number of ether oxygens (including phenoxy) is 1. The standard InChI is InChI=1S/C25H21ClN2O2S/c1-28(15-18-6-3-2-4-7-18)25(29)23-17-31-24(27-23)20-8-5-9-22(14-20)30-16-19-10-12-21(26)13-11-19/h2-14,17H,15-16H2,1H3. The Hall–Kier alpha value is -3.15. The zero-order valence-electron chi connectivity index (χ0n) is 17.0. The van der Waals surface area contributed by atoms with Crippen molar-refractivity contribution < 1.29 is 9.53 Å². The molecule has 31 heavy (non-hydrogen) atoms. The van der Waals surface area contributed by atoms with E-state index in [0.29, 0.717) is 23.9 Å². The maximum Gasteiger partial charge on any atom is 0.273 e. The van der Waals surface area contributed by atoms with E-state index in [4.69, 9.17) is 16.3 Å². The van der Waals surface area contributed by atoms with E-state index in [0.717, 1.165) is 27.4 Å². The van der Waals surface area contributed by atoms with Crippen molar-refractivity contribution in [3.05, 3.63) is 106 Å². The highest BCUT2D eigenvalue weighted by Crippen LogP contribution is 2.28. The average Bonchev–Trinajstić information content (AvgIpc) is 3.29. The van der Waals surface area contributed by atoms with E-state index < -0.39 is 0 Å². The first-order valence-corrected chi connectivity index (χ1v) is 11.1. The molecule has 0 bridgehead atoms. The van der Waals surface area contributed by atoms with E-state index in [-0.39, 0.29) is 5.91 Å². The number of rotatable bonds is 7. The number of halogens is 1. The number of amides is 1. The van der Waals surface area contributed by atoms with Gasteiger partial charge in [0.05, 0.1) is 0 Å². The first-order valence-electron chi connectivity index (χ1n) is 9.81. The van der Waals surface area contributed by atoms with E-state index >= 15 is 0 Å². The Labute approximate surface area is 190 Å². The maximum atomic E-state index is 12.8. The molecule has 0 spiro atoms. The molecule has 0 unspecified atom stereocenters. The summed E-state index contributed by atoms with van der Waals surface area (Å²) in [5, 5.41) is 3.29. The number of nitrogens with zero attached hydrogens (tertiary/aromatic N) is 2. The van der Waals surface area contributed by atoms with E-state index in [2.05, 4.69) is 4.98 Å². The molecule has 6 heteroatoms. The van der Waals surface area contributed by atoms with Gasteiger partial charge in [0.2, 0.25) is 0 Å². The Kier molecular flexibility index (Phi) is 6.65. The van der Waals surface area contributed by atoms with Gasteiger partial charge in [-0.2, -0.15) is 0 Å². The summed E-state index contributed by atoms with van der Waals surface area (Å²) in [7, 11) is 1.79. The van der Waals surface area contributed by atoms with Crippen LogP contribution in [0.3, 0.4) is 0 Å². The van der Waals surface area contributed by atoms with Gasteiger partial charge >= 0.3 is 0 Å². The predicted molar refractivity (Wildman–Crippen MR) is 126 cm³/mol. The molecule has 0 aliphatic heterocycles. The van der Waals surface area contributed by atoms with E-state index in [1.165, 1.54) is 11.3 Å². The van der Waals surface area contributed by atoms with Crippen molar-refractivity contribution in [1.29, 1.82) is 0 Å². The SMILES string of the molecule is CN(Cc1ccccc1)C(=O)c1csc(-c2cccc(OCc3ccc(Cl)cc3)c2)n1. The van der Waals surface area contributed by atoms with E-state index in [1.54, 1.807) is 17.3 Å². The fourth-order valence-corrected chi connectivity index (χ4v) is 4.01. The number of hydrogen-bond donors (Lipinski definition) is 0. The molecular formula is C25H21ClN2O2S. The molecule has 1 amide bonds. The van der Waals surface area contributed by atoms with Crippen LogP contribution in [0.4, 0.5) is 0 Å². The summed E-state index contributed by atoms with van der Waals surface area (Å²) in [5.74, 6) is 0.651. The summed E-state index contributed by atoms with van der Waals surface area (Å²) in [5.41, 5.74) is 3.49. The van der Waals surface area contributed by atoms with Crippen molar-refractivity contribution >= 4 is 28.8 Å². The van der Waals surface area contributed by atoms with Crippen LogP contribution in [-0.4, -0.2) is 22.8 Å². The molecule has 4 rings (SSSR count). The number of carbonyl (C=O) groups is 1. The summed E-state index contributed by atoms with van der Waals surface area (Å²) >= 11 is 7.38. The van der Waals surface area contributed by atoms with Crippen molar-refractivity contribution in [1.82, 2.24) is 9.88 Å². The lowest BCUT2D eigenvalue weighted by atomic mass is 10.2. The fourth-order valence-electron chi connectivity index (χ4n) is 3.10. The highest BCUT2D eigenvalue weighted by molar-refractivity contribution is 7.13. The maximum absolute atomic E-state index is 12.8. The minimum atomic E-state index is -0.0958. The van der Waals surface area contributed by atoms with Crippen LogP contribution in [0.5, 0.6) is 5.75 Å². The van der Waals surface area contributed by atoms with Crippen LogP contribution >= 0.6 is 22.9 Å². The van der Waals surface area contributed by atoms with Crippen LogP contribution in [-0.2, 0) is 13.2 Å². The fraction of sp³-hybridized carbons (Fsp3) is 0.120. The molecule has 0 atom stereocenters. The molecule has 0 saturated heterocycles. The lowest BCUT2D eigenvalue weighted by Gasteiger charge is -2.15. The second kappa shape index (κ2) is 9.77. The Morgan fingerprint density at radius 1 is 1.00 bits per heavy atom. The number of carbonyl (C=O) groups excluding carboxylic acids is 1. The van der Waals surface area contributed by atoms with Gasteiger partial charge in [-0.15, -0.1) is 11.3 Å². The molecule has 156 valence electrons. The van der Waals surface area contributed by atoms with Crippen LogP contribution in [0.15, 0.2) is 84.2 Å².